The Morgan fingerprint density at radius 1 is 1.36 bits per heavy atom. The van der Waals surface area contributed by atoms with E-state index >= 15 is 0 Å². The summed E-state index contributed by atoms with van der Waals surface area (Å²) in [6, 6.07) is 1.42. The normalized spacial score (nSPS) is 25.7. The van der Waals surface area contributed by atoms with E-state index in [4.69, 9.17) is 9.72 Å². The Bertz CT molecular complexity index is 467. The summed E-state index contributed by atoms with van der Waals surface area (Å²) in [5.74, 6) is 0. The maximum Gasteiger partial charge on any atom is 0.110 e. The Labute approximate surface area is 138 Å². The third kappa shape index (κ3) is 3.70. The number of aryl methyl sites for hydroxylation is 2. The molecule has 1 aromatic heterocycles. The molecule has 1 saturated heterocycles. The van der Waals surface area contributed by atoms with Gasteiger partial charge in [-0.15, -0.1) is 11.3 Å². The van der Waals surface area contributed by atoms with E-state index in [1.54, 1.807) is 0 Å². The molecule has 22 heavy (non-hydrogen) atoms. The molecule has 2 aliphatic rings. The predicted octanol–water partition coefficient (Wildman–Crippen LogP) is 2.78. The second kappa shape index (κ2) is 7.39. The Balaban J connectivity index is 1.53. The number of hydrogen-bond donors (Lipinski definition) is 1. The molecule has 1 aromatic rings. The standard InChI is InChI=1S/C17H29N3OS/c1-12(20-8-9-21-11-13(20)2)10-18-14(3)17-19-15-6-4-5-7-16(15)22-17/h12-14,18H,4-11H2,1-3H3/t12-,13-,14-/m0/s1. The van der Waals surface area contributed by atoms with Gasteiger partial charge in [-0.25, -0.2) is 4.98 Å². The third-order valence-electron chi connectivity index (χ3n) is 4.94. The van der Waals surface area contributed by atoms with Crippen LogP contribution in [0.3, 0.4) is 0 Å². The van der Waals surface area contributed by atoms with E-state index in [2.05, 4.69) is 31.0 Å². The van der Waals surface area contributed by atoms with Gasteiger partial charge in [-0.05, 0) is 46.5 Å². The molecule has 124 valence electrons. The van der Waals surface area contributed by atoms with Crippen molar-refractivity contribution in [2.24, 2.45) is 0 Å². The van der Waals surface area contributed by atoms with Crippen LogP contribution in [-0.2, 0) is 17.6 Å². The second-order valence-corrected chi connectivity index (χ2v) is 7.89. The molecule has 0 unspecified atom stereocenters. The van der Waals surface area contributed by atoms with Crippen molar-refractivity contribution < 1.29 is 4.74 Å². The number of ether oxygens (including phenoxy) is 1. The molecule has 5 heteroatoms. The van der Waals surface area contributed by atoms with Crippen LogP contribution in [0.4, 0.5) is 0 Å². The molecular weight excluding hydrogens is 294 g/mol. The Morgan fingerprint density at radius 3 is 2.95 bits per heavy atom. The minimum absolute atomic E-state index is 0.356. The van der Waals surface area contributed by atoms with Crippen molar-refractivity contribution in [2.45, 2.75) is 64.6 Å². The molecule has 4 nitrogen and oxygen atoms in total. The lowest BCUT2D eigenvalue weighted by atomic mass is 10.0. The van der Waals surface area contributed by atoms with Gasteiger partial charge in [-0.3, -0.25) is 4.90 Å². The van der Waals surface area contributed by atoms with Crippen LogP contribution in [0, 0.1) is 0 Å². The summed E-state index contributed by atoms with van der Waals surface area (Å²) in [6.07, 6.45) is 5.06. The Hall–Kier alpha value is -0.490. The van der Waals surface area contributed by atoms with Crippen LogP contribution in [0.25, 0.3) is 0 Å². The molecule has 1 aliphatic heterocycles. The highest BCUT2D eigenvalue weighted by atomic mass is 32.1. The molecular formula is C17H29N3OS. The van der Waals surface area contributed by atoms with Gasteiger partial charge in [0.25, 0.3) is 0 Å². The van der Waals surface area contributed by atoms with E-state index in [1.165, 1.54) is 41.3 Å². The number of nitrogens with zero attached hydrogens (tertiary/aromatic N) is 2. The van der Waals surface area contributed by atoms with Gasteiger partial charge in [-0.1, -0.05) is 0 Å². The lowest BCUT2D eigenvalue weighted by Crippen LogP contribution is -2.51. The first-order chi connectivity index (χ1) is 10.6. The summed E-state index contributed by atoms with van der Waals surface area (Å²) >= 11 is 1.92. The number of rotatable bonds is 5. The van der Waals surface area contributed by atoms with Crippen molar-refractivity contribution in [1.29, 1.82) is 0 Å². The molecule has 0 aromatic carbocycles. The minimum Gasteiger partial charge on any atom is -0.379 e. The average Bonchev–Trinajstić information content (AvgIpc) is 2.97. The number of aromatic nitrogens is 1. The summed E-state index contributed by atoms with van der Waals surface area (Å²) in [4.78, 5) is 8.96. The van der Waals surface area contributed by atoms with Crippen molar-refractivity contribution in [3.05, 3.63) is 15.6 Å². The van der Waals surface area contributed by atoms with Gasteiger partial charge < -0.3 is 10.1 Å². The van der Waals surface area contributed by atoms with E-state index in [0.717, 1.165) is 26.3 Å². The second-order valence-electron chi connectivity index (χ2n) is 6.77. The molecule has 0 saturated carbocycles. The van der Waals surface area contributed by atoms with Gasteiger partial charge >= 0.3 is 0 Å². The molecule has 1 aliphatic carbocycles. The van der Waals surface area contributed by atoms with E-state index in [1.807, 2.05) is 11.3 Å². The van der Waals surface area contributed by atoms with Crippen LogP contribution >= 0.6 is 11.3 Å². The summed E-state index contributed by atoms with van der Waals surface area (Å²) in [5, 5.41) is 4.96. The van der Waals surface area contributed by atoms with Gasteiger partial charge in [0.2, 0.25) is 0 Å². The van der Waals surface area contributed by atoms with E-state index < -0.39 is 0 Å². The average molecular weight is 324 g/mol. The number of nitrogens with one attached hydrogen (secondary N) is 1. The first-order valence-corrected chi connectivity index (χ1v) is 9.52. The Morgan fingerprint density at radius 2 is 2.18 bits per heavy atom. The number of morpholine rings is 1. The summed E-state index contributed by atoms with van der Waals surface area (Å²) in [5.41, 5.74) is 1.37. The lowest BCUT2D eigenvalue weighted by Gasteiger charge is -2.38. The van der Waals surface area contributed by atoms with Crippen molar-refractivity contribution in [3.63, 3.8) is 0 Å². The van der Waals surface area contributed by atoms with Gasteiger partial charge in [0.15, 0.2) is 0 Å². The smallest absolute Gasteiger partial charge is 0.110 e. The summed E-state index contributed by atoms with van der Waals surface area (Å²) < 4.78 is 5.53. The number of thiazole rings is 1. The molecule has 3 atom stereocenters. The van der Waals surface area contributed by atoms with E-state index in [-0.39, 0.29) is 0 Å². The minimum atomic E-state index is 0.356. The topological polar surface area (TPSA) is 37.4 Å². The van der Waals surface area contributed by atoms with Crippen LogP contribution in [0.2, 0.25) is 0 Å². The van der Waals surface area contributed by atoms with Crippen LogP contribution < -0.4 is 5.32 Å². The van der Waals surface area contributed by atoms with Crippen molar-refractivity contribution >= 4 is 11.3 Å². The lowest BCUT2D eigenvalue weighted by molar-refractivity contribution is -0.0184. The van der Waals surface area contributed by atoms with Crippen molar-refractivity contribution in [2.75, 3.05) is 26.3 Å². The highest BCUT2D eigenvalue weighted by molar-refractivity contribution is 7.11. The largest absolute Gasteiger partial charge is 0.379 e. The van der Waals surface area contributed by atoms with Crippen LogP contribution in [-0.4, -0.2) is 48.3 Å². The zero-order chi connectivity index (χ0) is 15.5. The van der Waals surface area contributed by atoms with E-state index in [9.17, 15) is 0 Å². The van der Waals surface area contributed by atoms with Gasteiger partial charge in [0.05, 0.1) is 24.9 Å². The summed E-state index contributed by atoms with van der Waals surface area (Å²) in [7, 11) is 0. The SMILES string of the molecule is C[C@H](NC[C@H](C)N1CCOC[C@@H]1C)c1nc2c(s1)CCCC2. The molecule has 0 bridgehead atoms. The fraction of sp³-hybridized carbons (Fsp3) is 0.824. The molecule has 0 amide bonds. The molecule has 1 N–H and O–H groups in total. The first kappa shape index (κ1) is 16.4. The van der Waals surface area contributed by atoms with Crippen LogP contribution in [0.15, 0.2) is 0 Å². The van der Waals surface area contributed by atoms with Crippen molar-refractivity contribution in [3.8, 4) is 0 Å². The van der Waals surface area contributed by atoms with Gasteiger partial charge in [0, 0.05) is 30.1 Å². The van der Waals surface area contributed by atoms with Gasteiger partial charge in [-0.2, -0.15) is 0 Å². The third-order valence-corrected chi connectivity index (χ3v) is 6.28. The molecule has 0 spiro atoms. The molecule has 2 heterocycles. The Kier molecular flexibility index (Phi) is 5.50. The highest BCUT2D eigenvalue weighted by Gasteiger charge is 2.24. The molecule has 3 rings (SSSR count). The fourth-order valence-electron chi connectivity index (χ4n) is 3.50. The molecule has 1 fully saturated rings. The fourth-order valence-corrected chi connectivity index (χ4v) is 4.68. The maximum atomic E-state index is 5.53. The maximum absolute atomic E-state index is 5.53. The van der Waals surface area contributed by atoms with Crippen LogP contribution in [0.1, 0.15) is 55.2 Å². The van der Waals surface area contributed by atoms with E-state index in [0.29, 0.717) is 18.1 Å². The first-order valence-electron chi connectivity index (χ1n) is 8.70. The summed E-state index contributed by atoms with van der Waals surface area (Å²) in [6.45, 7) is 10.6. The van der Waals surface area contributed by atoms with Gasteiger partial charge in [0.1, 0.15) is 5.01 Å². The predicted molar refractivity (Wildman–Crippen MR) is 91.6 cm³/mol. The number of hydrogen-bond acceptors (Lipinski definition) is 5. The molecule has 0 radical (unpaired) electrons. The van der Waals surface area contributed by atoms with Crippen molar-refractivity contribution in [1.82, 2.24) is 15.2 Å². The monoisotopic (exact) mass is 323 g/mol. The zero-order valence-corrected chi connectivity index (χ0v) is 14.9. The quantitative estimate of drug-likeness (QED) is 0.904. The highest BCUT2D eigenvalue weighted by Crippen LogP contribution is 2.29. The zero-order valence-electron chi connectivity index (χ0n) is 14.1. The number of fused-ring (bicyclic) bond motifs is 1. The van der Waals surface area contributed by atoms with Crippen LogP contribution in [0.5, 0.6) is 0 Å².